The summed E-state index contributed by atoms with van der Waals surface area (Å²) in [5.74, 6) is 3.12. The fourth-order valence-corrected chi connectivity index (χ4v) is 8.93. The fourth-order valence-electron chi connectivity index (χ4n) is 8.93. The van der Waals surface area contributed by atoms with Crippen molar-refractivity contribution in [3.63, 3.8) is 0 Å². The van der Waals surface area contributed by atoms with E-state index in [0.717, 1.165) is 48.6 Å². The molecular weight excluding hydrogens is 405 g/mol. The minimum absolute atomic E-state index is 0.0308. The van der Waals surface area contributed by atoms with E-state index in [1.807, 2.05) is 6.92 Å². The van der Waals surface area contributed by atoms with Crippen molar-refractivity contribution >= 4 is 11.5 Å². The SMILES string of the molecule is [C-]#[N+]c1cnn(CC(=O)[C@H]2C[C@@H](C)[C@H]3[C@@H]4CC[C@@H]5C[C@](C)(O)CC[C@@H]5[C@H]4CC[C@@]32C)c1F. The third kappa shape index (κ3) is 3.34. The van der Waals surface area contributed by atoms with Crippen LogP contribution in [0.15, 0.2) is 6.20 Å². The van der Waals surface area contributed by atoms with E-state index < -0.39 is 11.5 Å². The topological polar surface area (TPSA) is 59.5 Å². The Morgan fingerprint density at radius 1 is 1.25 bits per heavy atom. The van der Waals surface area contributed by atoms with Crippen molar-refractivity contribution in [2.75, 3.05) is 0 Å². The summed E-state index contributed by atoms with van der Waals surface area (Å²) in [6, 6.07) is 0. The lowest BCUT2D eigenvalue weighted by molar-refractivity contribution is -0.133. The largest absolute Gasteiger partial charge is 0.390 e. The first kappa shape index (κ1) is 22.1. The molecule has 0 spiro atoms. The molecule has 32 heavy (non-hydrogen) atoms. The maximum atomic E-state index is 14.3. The van der Waals surface area contributed by atoms with Gasteiger partial charge in [0.05, 0.1) is 18.4 Å². The molecule has 0 saturated heterocycles. The quantitative estimate of drug-likeness (QED) is 0.638. The maximum absolute atomic E-state index is 14.3. The van der Waals surface area contributed by atoms with Crippen molar-refractivity contribution in [2.24, 2.45) is 46.8 Å². The van der Waals surface area contributed by atoms with Crippen LogP contribution in [-0.4, -0.2) is 26.3 Å². The molecular formula is C26H36FN3O2. The highest BCUT2D eigenvalue weighted by Gasteiger charge is 2.61. The number of aliphatic hydroxyl groups is 1. The number of hydrogen-bond acceptors (Lipinski definition) is 3. The Morgan fingerprint density at radius 2 is 2.00 bits per heavy atom. The Hall–Kier alpha value is -1.74. The van der Waals surface area contributed by atoms with Gasteiger partial charge in [0.15, 0.2) is 5.78 Å². The van der Waals surface area contributed by atoms with E-state index in [2.05, 4.69) is 23.8 Å². The summed E-state index contributed by atoms with van der Waals surface area (Å²) in [4.78, 5) is 16.5. The lowest BCUT2D eigenvalue weighted by Crippen LogP contribution is -2.51. The number of fused-ring (bicyclic) bond motifs is 5. The Bertz CT molecular complexity index is 949. The first-order valence-corrected chi connectivity index (χ1v) is 12.5. The third-order valence-corrected chi connectivity index (χ3v) is 10.1. The van der Waals surface area contributed by atoms with Crippen LogP contribution in [0.25, 0.3) is 4.85 Å². The number of halogens is 1. The number of aromatic nitrogens is 2. The molecule has 0 unspecified atom stereocenters. The molecule has 4 aliphatic rings. The summed E-state index contributed by atoms with van der Waals surface area (Å²) in [5.41, 5.74) is -0.647. The lowest BCUT2D eigenvalue weighted by Gasteiger charge is -2.57. The zero-order valence-electron chi connectivity index (χ0n) is 19.6. The predicted octanol–water partition coefficient (Wildman–Crippen LogP) is 5.41. The van der Waals surface area contributed by atoms with Gasteiger partial charge in [-0.05, 0) is 99.2 Å². The van der Waals surface area contributed by atoms with Crippen LogP contribution in [-0.2, 0) is 11.3 Å². The summed E-state index contributed by atoms with van der Waals surface area (Å²) in [6.07, 6.45) is 9.75. The highest BCUT2D eigenvalue weighted by molar-refractivity contribution is 5.82. The van der Waals surface area contributed by atoms with E-state index in [1.54, 1.807) is 0 Å². The van der Waals surface area contributed by atoms with Crippen LogP contribution < -0.4 is 0 Å². The first-order valence-electron chi connectivity index (χ1n) is 12.5. The van der Waals surface area contributed by atoms with Gasteiger partial charge in [0.2, 0.25) is 5.95 Å². The smallest absolute Gasteiger partial charge is 0.259 e. The van der Waals surface area contributed by atoms with Crippen LogP contribution >= 0.6 is 0 Å². The zero-order chi connectivity index (χ0) is 22.8. The van der Waals surface area contributed by atoms with E-state index >= 15 is 0 Å². The number of ketones is 1. The van der Waals surface area contributed by atoms with Gasteiger partial charge < -0.3 is 5.11 Å². The van der Waals surface area contributed by atoms with Crippen LogP contribution in [0, 0.1) is 59.4 Å². The Kier molecular flexibility index (Phi) is 5.28. The van der Waals surface area contributed by atoms with Crippen molar-refractivity contribution in [1.82, 2.24) is 9.78 Å². The van der Waals surface area contributed by atoms with E-state index in [0.29, 0.717) is 23.7 Å². The van der Waals surface area contributed by atoms with Crippen LogP contribution in [0.2, 0.25) is 0 Å². The number of carbonyl (C=O) groups excluding carboxylic acids is 1. The second kappa shape index (κ2) is 7.65. The number of nitrogens with zero attached hydrogens (tertiary/aromatic N) is 3. The molecule has 6 heteroatoms. The van der Waals surface area contributed by atoms with E-state index in [9.17, 15) is 14.3 Å². The molecule has 4 fully saturated rings. The molecule has 174 valence electrons. The van der Waals surface area contributed by atoms with Gasteiger partial charge in [-0.15, -0.1) is 0 Å². The van der Waals surface area contributed by atoms with E-state index in [4.69, 9.17) is 6.57 Å². The molecule has 4 aliphatic carbocycles. The van der Waals surface area contributed by atoms with Gasteiger partial charge in [0.1, 0.15) is 6.54 Å². The van der Waals surface area contributed by atoms with Crippen molar-refractivity contribution < 1.29 is 14.3 Å². The predicted molar refractivity (Wildman–Crippen MR) is 119 cm³/mol. The van der Waals surface area contributed by atoms with Crippen molar-refractivity contribution in [3.8, 4) is 0 Å². The Balaban J connectivity index is 1.35. The average Bonchev–Trinajstić information content (AvgIpc) is 3.23. The molecule has 4 saturated carbocycles. The zero-order valence-corrected chi connectivity index (χ0v) is 19.6. The third-order valence-electron chi connectivity index (χ3n) is 10.1. The fraction of sp³-hybridized carbons (Fsp3) is 0.808. The molecule has 0 aliphatic heterocycles. The molecule has 9 atom stereocenters. The van der Waals surface area contributed by atoms with Crippen LogP contribution in [0.5, 0.6) is 0 Å². The van der Waals surface area contributed by atoms with Gasteiger partial charge in [-0.2, -0.15) is 9.49 Å². The molecule has 0 radical (unpaired) electrons. The summed E-state index contributed by atoms with van der Waals surface area (Å²) in [5, 5.41) is 14.6. The summed E-state index contributed by atoms with van der Waals surface area (Å²) < 4.78 is 15.4. The summed E-state index contributed by atoms with van der Waals surface area (Å²) in [7, 11) is 0. The average molecular weight is 442 g/mol. The van der Waals surface area contributed by atoms with Crippen LogP contribution in [0.1, 0.15) is 72.1 Å². The van der Waals surface area contributed by atoms with E-state index in [1.165, 1.54) is 25.5 Å². The van der Waals surface area contributed by atoms with Gasteiger partial charge >= 0.3 is 0 Å². The highest BCUT2D eigenvalue weighted by atomic mass is 19.1. The minimum Gasteiger partial charge on any atom is -0.390 e. The summed E-state index contributed by atoms with van der Waals surface area (Å²) in [6.45, 7) is 13.6. The maximum Gasteiger partial charge on any atom is 0.259 e. The van der Waals surface area contributed by atoms with Crippen molar-refractivity contribution in [3.05, 3.63) is 23.6 Å². The molecule has 0 bridgehead atoms. The molecule has 0 amide bonds. The van der Waals surface area contributed by atoms with Crippen molar-refractivity contribution in [1.29, 1.82) is 0 Å². The minimum atomic E-state index is -0.698. The van der Waals surface area contributed by atoms with Gasteiger partial charge in [0, 0.05) is 5.92 Å². The lowest BCUT2D eigenvalue weighted by atomic mass is 9.48. The van der Waals surface area contributed by atoms with Gasteiger partial charge in [-0.1, -0.05) is 13.8 Å². The number of hydrogen-bond donors (Lipinski definition) is 1. The van der Waals surface area contributed by atoms with Crippen LogP contribution in [0.4, 0.5) is 10.1 Å². The number of rotatable bonds is 3. The number of Topliss-reactive ketones (excluding diaryl/α,β-unsaturated/α-hetero) is 1. The second-order valence-electron chi connectivity index (χ2n) is 12.0. The first-order chi connectivity index (χ1) is 15.1. The molecule has 0 aromatic carbocycles. The Morgan fingerprint density at radius 3 is 2.72 bits per heavy atom. The van der Waals surface area contributed by atoms with Crippen molar-refractivity contribution in [2.45, 2.75) is 84.3 Å². The molecule has 1 aromatic heterocycles. The second-order valence-corrected chi connectivity index (χ2v) is 12.0. The normalized spacial score (nSPS) is 45.4. The Labute approximate surface area is 190 Å². The van der Waals surface area contributed by atoms with Gasteiger partial charge in [-0.3, -0.25) is 4.79 Å². The highest BCUT2D eigenvalue weighted by Crippen LogP contribution is 2.66. The molecule has 1 aromatic rings. The summed E-state index contributed by atoms with van der Waals surface area (Å²) >= 11 is 0. The van der Waals surface area contributed by atoms with Gasteiger partial charge in [0.25, 0.3) is 5.69 Å². The molecule has 5 nitrogen and oxygen atoms in total. The molecule has 5 rings (SSSR count). The van der Waals surface area contributed by atoms with Crippen LogP contribution in [0.3, 0.4) is 0 Å². The van der Waals surface area contributed by atoms with E-state index in [-0.39, 0.29) is 29.3 Å². The number of carbonyl (C=O) groups is 1. The molecule has 1 heterocycles. The monoisotopic (exact) mass is 441 g/mol. The molecule has 1 N–H and O–H groups in total. The standard InChI is InChI=1S/C26H36FN3O2/c1-15-11-20(22(31)14-30-24(27)21(28-4)13-29-30)26(3)10-8-18-17-7-9-25(2,32)12-16(17)5-6-19(18)23(15)26/h13,15-20,23,32H,5-12,14H2,1-3H3/t15-,16-,17+,18-,19-,20-,23+,25-,26-/m1/s1. The van der Waals surface area contributed by atoms with Gasteiger partial charge in [-0.25, -0.2) is 9.53 Å².